The molecule has 2 aromatic carbocycles. The van der Waals surface area contributed by atoms with Crippen molar-refractivity contribution in [3.63, 3.8) is 0 Å². The van der Waals surface area contributed by atoms with Crippen LogP contribution in [0.5, 0.6) is 5.75 Å². The highest BCUT2D eigenvalue weighted by atomic mass is 32.1. The fourth-order valence-corrected chi connectivity index (χ4v) is 2.46. The molecule has 0 fully saturated rings. The third-order valence-electron chi connectivity index (χ3n) is 3.75. The van der Waals surface area contributed by atoms with Crippen LogP contribution in [0.1, 0.15) is 40.5 Å². The van der Waals surface area contributed by atoms with E-state index in [0.717, 1.165) is 12.8 Å². The van der Waals surface area contributed by atoms with Gasteiger partial charge < -0.3 is 4.74 Å². The maximum atomic E-state index is 12.4. The number of nitrogens with zero attached hydrogens (tertiary/aromatic N) is 1. The Hall–Kier alpha value is -3.53. The van der Waals surface area contributed by atoms with E-state index in [1.54, 1.807) is 24.3 Å². The van der Waals surface area contributed by atoms with Crippen LogP contribution in [-0.4, -0.2) is 28.5 Å². The van der Waals surface area contributed by atoms with Gasteiger partial charge in [-0.05, 0) is 36.8 Å². The molecule has 9 nitrogen and oxygen atoms in total. The lowest BCUT2D eigenvalue weighted by Crippen LogP contribution is -2.48. The van der Waals surface area contributed by atoms with E-state index < -0.39 is 16.7 Å². The first-order valence-electron chi connectivity index (χ1n) is 8.81. The van der Waals surface area contributed by atoms with Gasteiger partial charge in [0.05, 0.1) is 17.1 Å². The summed E-state index contributed by atoms with van der Waals surface area (Å²) < 4.78 is 5.61. The van der Waals surface area contributed by atoms with Gasteiger partial charge in [0.15, 0.2) is 5.11 Å². The van der Waals surface area contributed by atoms with Gasteiger partial charge in [-0.1, -0.05) is 37.6 Å². The van der Waals surface area contributed by atoms with Crippen molar-refractivity contribution in [3.8, 4) is 5.75 Å². The van der Waals surface area contributed by atoms with E-state index in [1.807, 2.05) is 6.92 Å². The number of rotatable bonds is 7. The number of ether oxygens (including phenoxy) is 1. The number of nitro benzene ring substituents is 1. The molecule has 152 valence electrons. The molecule has 2 amide bonds. The summed E-state index contributed by atoms with van der Waals surface area (Å²) in [5, 5.41) is 13.3. The van der Waals surface area contributed by atoms with Crippen molar-refractivity contribution < 1.29 is 19.2 Å². The second-order valence-corrected chi connectivity index (χ2v) is 6.24. The smallest absolute Gasteiger partial charge is 0.282 e. The average Bonchev–Trinajstić information content (AvgIpc) is 2.72. The molecule has 0 aliphatic carbocycles. The zero-order valence-electron chi connectivity index (χ0n) is 15.6. The third-order valence-corrected chi connectivity index (χ3v) is 3.95. The summed E-state index contributed by atoms with van der Waals surface area (Å²) in [5.74, 6) is -0.864. The number of hydrazine groups is 1. The Morgan fingerprint density at radius 3 is 2.38 bits per heavy atom. The zero-order chi connectivity index (χ0) is 21.2. The van der Waals surface area contributed by atoms with E-state index >= 15 is 0 Å². The van der Waals surface area contributed by atoms with Crippen molar-refractivity contribution in [1.82, 2.24) is 16.2 Å². The number of benzene rings is 2. The Labute approximate surface area is 172 Å². The number of hydrogen-bond donors (Lipinski definition) is 3. The minimum absolute atomic E-state index is 0.145. The summed E-state index contributed by atoms with van der Waals surface area (Å²) in [5.41, 5.74) is 4.38. The fourth-order valence-electron chi connectivity index (χ4n) is 2.31. The van der Waals surface area contributed by atoms with E-state index in [9.17, 15) is 19.7 Å². The molecule has 0 bridgehead atoms. The average molecular weight is 416 g/mol. The first-order chi connectivity index (χ1) is 13.9. The summed E-state index contributed by atoms with van der Waals surface area (Å²) in [6.07, 6.45) is 1.81. The lowest BCUT2D eigenvalue weighted by atomic mass is 10.2. The standard InChI is InChI=1S/C19H20N4O5S/c1-2-3-12-28-16-11-7-5-9-14(16)17(24)20-19(29)22-21-18(25)13-8-4-6-10-15(13)23(26)27/h4-11H,2-3,12H2,1H3,(H,21,25)(H2,20,22,24,29). The van der Waals surface area contributed by atoms with Crippen LogP contribution in [0.3, 0.4) is 0 Å². The van der Waals surface area contributed by atoms with Crippen LogP contribution in [0, 0.1) is 10.1 Å². The first kappa shape index (κ1) is 21.8. The lowest BCUT2D eigenvalue weighted by molar-refractivity contribution is -0.385. The van der Waals surface area contributed by atoms with Gasteiger partial charge in [-0.25, -0.2) is 0 Å². The molecule has 0 spiro atoms. The van der Waals surface area contributed by atoms with E-state index in [0.29, 0.717) is 12.4 Å². The van der Waals surface area contributed by atoms with Crippen LogP contribution < -0.4 is 20.9 Å². The van der Waals surface area contributed by atoms with Crippen LogP contribution >= 0.6 is 12.2 Å². The highest BCUT2D eigenvalue weighted by molar-refractivity contribution is 7.80. The van der Waals surface area contributed by atoms with Crippen molar-refractivity contribution in [3.05, 3.63) is 69.8 Å². The summed E-state index contributed by atoms with van der Waals surface area (Å²) in [7, 11) is 0. The molecule has 0 aromatic heterocycles. The predicted molar refractivity (Wildman–Crippen MR) is 111 cm³/mol. The predicted octanol–water partition coefficient (Wildman–Crippen LogP) is 2.72. The molecule has 0 unspecified atom stereocenters. The first-order valence-corrected chi connectivity index (χ1v) is 9.21. The van der Waals surface area contributed by atoms with Gasteiger partial charge >= 0.3 is 0 Å². The molecular weight excluding hydrogens is 396 g/mol. The molecule has 0 saturated carbocycles. The Balaban J connectivity index is 1.95. The molecule has 0 heterocycles. The Kier molecular flexibility index (Phi) is 8.04. The molecule has 0 aliphatic rings. The summed E-state index contributed by atoms with van der Waals surface area (Å²) in [6.45, 7) is 2.51. The highest BCUT2D eigenvalue weighted by Crippen LogP contribution is 2.18. The van der Waals surface area contributed by atoms with Crippen molar-refractivity contribution in [2.45, 2.75) is 19.8 Å². The Bertz CT molecular complexity index is 919. The molecule has 0 aliphatic heterocycles. The molecular formula is C19H20N4O5S. The van der Waals surface area contributed by atoms with Gasteiger partial charge in [-0.15, -0.1) is 0 Å². The normalized spacial score (nSPS) is 9.97. The van der Waals surface area contributed by atoms with E-state index in [2.05, 4.69) is 16.2 Å². The maximum Gasteiger partial charge on any atom is 0.282 e. The Morgan fingerprint density at radius 1 is 1.03 bits per heavy atom. The molecule has 29 heavy (non-hydrogen) atoms. The molecule has 0 saturated heterocycles. The van der Waals surface area contributed by atoms with E-state index in [-0.39, 0.29) is 21.9 Å². The molecule has 2 rings (SSSR count). The number of para-hydroxylation sites is 2. The molecule has 10 heteroatoms. The van der Waals surface area contributed by atoms with E-state index in [1.165, 1.54) is 24.3 Å². The second-order valence-electron chi connectivity index (χ2n) is 5.83. The SMILES string of the molecule is CCCCOc1ccccc1C(=O)NC(=S)NNC(=O)c1ccccc1[N+](=O)[O-]. The zero-order valence-corrected chi connectivity index (χ0v) is 16.5. The topological polar surface area (TPSA) is 123 Å². The number of nitrogens with one attached hydrogen (secondary N) is 3. The molecule has 2 aromatic rings. The molecule has 3 N–H and O–H groups in total. The van der Waals surface area contributed by atoms with Gasteiger partial charge in [0.2, 0.25) is 0 Å². The van der Waals surface area contributed by atoms with Crippen LogP contribution in [0.4, 0.5) is 5.69 Å². The Morgan fingerprint density at radius 2 is 1.69 bits per heavy atom. The van der Waals surface area contributed by atoms with Crippen LogP contribution in [0.2, 0.25) is 0 Å². The van der Waals surface area contributed by atoms with Crippen molar-refractivity contribution in [2.75, 3.05) is 6.61 Å². The fraction of sp³-hybridized carbons (Fsp3) is 0.211. The minimum Gasteiger partial charge on any atom is -0.493 e. The quantitative estimate of drug-likeness (QED) is 0.274. The van der Waals surface area contributed by atoms with Crippen molar-refractivity contribution in [2.24, 2.45) is 0 Å². The number of carbonyl (C=O) groups excluding carboxylic acids is 2. The van der Waals surface area contributed by atoms with Crippen LogP contribution in [-0.2, 0) is 0 Å². The molecule has 0 radical (unpaired) electrons. The van der Waals surface area contributed by atoms with Crippen molar-refractivity contribution >= 4 is 34.8 Å². The summed E-state index contributed by atoms with van der Waals surface area (Å²) >= 11 is 5.00. The second kappa shape index (κ2) is 10.7. The van der Waals surface area contributed by atoms with Crippen LogP contribution in [0.25, 0.3) is 0 Å². The van der Waals surface area contributed by atoms with Gasteiger partial charge in [0.1, 0.15) is 11.3 Å². The van der Waals surface area contributed by atoms with Crippen LogP contribution in [0.15, 0.2) is 48.5 Å². The molecule has 0 atom stereocenters. The highest BCUT2D eigenvalue weighted by Gasteiger charge is 2.19. The van der Waals surface area contributed by atoms with Gasteiger partial charge in [-0.3, -0.25) is 35.9 Å². The minimum atomic E-state index is -0.766. The third kappa shape index (κ3) is 6.25. The summed E-state index contributed by atoms with van der Waals surface area (Å²) in [6, 6.07) is 12.2. The van der Waals surface area contributed by atoms with Gasteiger partial charge in [0.25, 0.3) is 17.5 Å². The number of amides is 2. The maximum absolute atomic E-state index is 12.4. The number of nitro groups is 1. The lowest BCUT2D eigenvalue weighted by Gasteiger charge is -2.13. The summed E-state index contributed by atoms with van der Waals surface area (Å²) in [4.78, 5) is 34.9. The van der Waals surface area contributed by atoms with Gasteiger partial charge in [-0.2, -0.15) is 0 Å². The number of thiocarbonyl (C=S) groups is 1. The largest absolute Gasteiger partial charge is 0.493 e. The van der Waals surface area contributed by atoms with E-state index in [4.69, 9.17) is 17.0 Å². The van der Waals surface area contributed by atoms with Crippen molar-refractivity contribution in [1.29, 1.82) is 0 Å². The van der Waals surface area contributed by atoms with Gasteiger partial charge in [0, 0.05) is 6.07 Å². The number of carbonyl (C=O) groups is 2. The number of hydrogen-bond acceptors (Lipinski definition) is 6. The monoisotopic (exact) mass is 416 g/mol. The number of unbranched alkanes of at least 4 members (excludes halogenated alkanes) is 1.